The van der Waals surface area contributed by atoms with Crippen molar-refractivity contribution in [2.75, 3.05) is 13.7 Å². The maximum atomic E-state index is 5.67. The molecule has 1 saturated carbocycles. The van der Waals surface area contributed by atoms with Crippen molar-refractivity contribution in [3.05, 3.63) is 0 Å². The van der Waals surface area contributed by atoms with Crippen LogP contribution in [0.4, 0.5) is 0 Å². The summed E-state index contributed by atoms with van der Waals surface area (Å²) < 4.78 is 5.67. The highest BCUT2D eigenvalue weighted by molar-refractivity contribution is 4.79. The molecule has 1 N–H and O–H groups in total. The Morgan fingerprint density at radius 3 is 2.79 bits per heavy atom. The summed E-state index contributed by atoms with van der Waals surface area (Å²) in [5.74, 6) is 1.07. The van der Waals surface area contributed by atoms with Crippen molar-refractivity contribution in [3.63, 3.8) is 0 Å². The van der Waals surface area contributed by atoms with Gasteiger partial charge in [0.2, 0.25) is 0 Å². The predicted molar refractivity (Wildman–Crippen MR) is 58.4 cm³/mol. The molecule has 0 spiro atoms. The van der Waals surface area contributed by atoms with Crippen LogP contribution >= 0.6 is 0 Å². The molecular formula is C12H23NO. The van der Waals surface area contributed by atoms with Crippen molar-refractivity contribution < 1.29 is 4.74 Å². The third-order valence-corrected chi connectivity index (χ3v) is 3.60. The summed E-state index contributed by atoms with van der Waals surface area (Å²) in [6, 6.07) is 0.693. The minimum atomic E-state index is 0.548. The lowest BCUT2D eigenvalue weighted by molar-refractivity contribution is 0.0940. The van der Waals surface area contributed by atoms with Crippen molar-refractivity contribution in [2.24, 2.45) is 5.92 Å². The molecule has 2 unspecified atom stereocenters. The molecule has 1 aliphatic carbocycles. The largest absolute Gasteiger partial charge is 0.378 e. The molecule has 0 aromatic rings. The zero-order chi connectivity index (χ0) is 9.80. The van der Waals surface area contributed by atoms with Crippen molar-refractivity contribution in [1.29, 1.82) is 0 Å². The first-order valence-electron chi connectivity index (χ1n) is 6.17. The van der Waals surface area contributed by atoms with Crippen LogP contribution < -0.4 is 5.32 Å². The zero-order valence-corrected chi connectivity index (χ0v) is 9.30. The van der Waals surface area contributed by atoms with E-state index in [1.165, 1.54) is 44.9 Å². The van der Waals surface area contributed by atoms with Gasteiger partial charge in [-0.3, -0.25) is 0 Å². The second-order valence-corrected chi connectivity index (χ2v) is 4.88. The van der Waals surface area contributed by atoms with E-state index in [1.807, 2.05) is 0 Å². The molecule has 0 radical (unpaired) electrons. The summed E-state index contributed by atoms with van der Waals surface area (Å²) in [5, 5.41) is 3.43. The maximum Gasteiger partial charge on any atom is 0.0590 e. The van der Waals surface area contributed by atoms with Gasteiger partial charge in [-0.25, -0.2) is 0 Å². The molecule has 2 fully saturated rings. The molecule has 0 bridgehead atoms. The molecule has 2 nitrogen and oxygen atoms in total. The fourth-order valence-corrected chi connectivity index (χ4v) is 2.37. The van der Waals surface area contributed by atoms with Gasteiger partial charge in [0, 0.05) is 12.6 Å². The van der Waals surface area contributed by atoms with E-state index in [0.29, 0.717) is 12.1 Å². The average molecular weight is 197 g/mol. The topological polar surface area (TPSA) is 21.3 Å². The molecule has 2 aliphatic rings. The number of ether oxygens (including phenoxy) is 1. The van der Waals surface area contributed by atoms with Gasteiger partial charge in [0.25, 0.3) is 0 Å². The van der Waals surface area contributed by atoms with E-state index in [0.717, 1.165) is 12.5 Å². The highest BCUT2D eigenvalue weighted by Crippen LogP contribution is 2.34. The Balaban J connectivity index is 1.62. The number of hydrogen-bond acceptors (Lipinski definition) is 2. The van der Waals surface area contributed by atoms with Crippen molar-refractivity contribution >= 4 is 0 Å². The first-order valence-corrected chi connectivity index (χ1v) is 6.17. The fraction of sp³-hybridized carbons (Fsp3) is 1.00. The highest BCUT2D eigenvalue weighted by Gasteiger charge is 2.24. The van der Waals surface area contributed by atoms with Gasteiger partial charge in [-0.2, -0.15) is 0 Å². The molecule has 0 aromatic heterocycles. The molecule has 0 amide bonds. The summed E-state index contributed by atoms with van der Waals surface area (Å²) in [7, 11) is 2.09. The second-order valence-electron chi connectivity index (χ2n) is 4.88. The molecule has 1 saturated heterocycles. The standard InChI is InChI=1S/C12H23NO/c1-13-11(7-6-10-4-5-10)9-12-3-2-8-14-12/h10-13H,2-9H2,1H3. The summed E-state index contributed by atoms with van der Waals surface area (Å²) in [4.78, 5) is 0. The SMILES string of the molecule is CNC(CCC1CC1)CC1CCCO1. The van der Waals surface area contributed by atoms with Crippen LogP contribution in [0.15, 0.2) is 0 Å². The normalized spacial score (nSPS) is 29.4. The minimum absolute atomic E-state index is 0.548. The van der Waals surface area contributed by atoms with Gasteiger partial charge in [-0.1, -0.05) is 12.8 Å². The predicted octanol–water partition coefficient (Wildman–Crippen LogP) is 2.33. The van der Waals surface area contributed by atoms with Gasteiger partial charge in [-0.15, -0.1) is 0 Å². The summed E-state index contributed by atoms with van der Waals surface area (Å²) in [5.41, 5.74) is 0. The Labute approximate surface area is 87.4 Å². The van der Waals surface area contributed by atoms with Crippen molar-refractivity contribution in [2.45, 2.75) is 57.1 Å². The van der Waals surface area contributed by atoms with E-state index < -0.39 is 0 Å². The van der Waals surface area contributed by atoms with E-state index in [1.54, 1.807) is 0 Å². The first kappa shape index (κ1) is 10.4. The van der Waals surface area contributed by atoms with E-state index in [4.69, 9.17) is 4.74 Å². The van der Waals surface area contributed by atoms with Gasteiger partial charge in [0.1, 0.15) is 0 Å². The molecule has 0 aromatic carbocycles. The van der Waals surface area contributed by atoms with Crippen molar-refractivity contribution in [3.8, 4) is 0 Å². The summed E-state index contributed by atoms with van der Waals surface area (Å²) in [6.45, 7) is 0.990. The molecule has 2 rings (SSSR count). The van der Waals surface area contributed by atoms with Gasteiger partial charge < -0.3 is 10.1 Å². The van der Waals surface area contributed by atoms with Crippen LogP contribution in [-0.4, -0.2) is 25.8 Å². The molecule has 1 aliphatic heterocycles. The average Bonchev–Trinajstić information content (AvgIpc) is 2.90. The zero-order valence-electron chi connectivity index (χ0n) is 9.30. The van der Waals surface area contributed by atoms with Crippen LogP contribution in [0.1, 0.15) is 44.9 Å². The summed E-state index contributed by atoms with van der Waals surface area (Å²) in [6.07, 6.45) is 10.1. The molecule has 1 heterocycles. The molecular weight excluding hydrogens is 174 g/mol. The minimum Gasteiger partial charge on any atom is -0.378 e. The Morgan fingerprint density at radius 2 is 2.21 bits per heavy atom. The maximum absolute atomic E-state index is 5.67. The third kappa shape index (κ3) is 3.25. The van der Waals surface area contributed by atoms with Gasteiger partial charge >= 0.3 is 0 Å². The molecule has 82 valence electrons. The Kier molecular flexibility index (Phi) is 3.82. The van der Waals surface area contributed by atoms with Gasteiger partial charge in [0.15, 0.2) is 0 Å². The quantitative estimate of drug-likeness (QED) is 0.705. The van der Waals surface area contributed by atoms with Crippen molar-refractivity contribution in [1.82, 2.24) is 5.32 Å². The van der Waals surface area contributed by atoms with E-state index >= 15 is 0 Å². The van der Waals surface area contributed by atoms with Gasteiger partial charge in [0.05, 0.1) is 6.10 Å². The monoisotopic (exact) mass is 197 g/mol. The smallest absolute Gasteiger partial charge is 0.0590 e. The van der Waals surface area contributed by atoms with Crippen LogP contribution in [-0.2, 0) is 4.74 Å². The van der Waals surface area contributed by atoms with E-state index in [-0.39, 0.29) is 0 Å². The van der Waals surface area contributed by atoms with E-state index in [2.05, 4.69) is 12.4 Å². The second kappa shape index (κ2) is 5.13. The molecule has 2 heteroatoms. The lowest BCUT2D eigenvalue weighted by Gasteiger charge is -2.19. The lowest BCUT2D eigenvalue weighted by atomic mass is 10.0. The summed E-state index contributed by atoms with van der Waals surface area (Å²) >= 11 is 0. The fourth-order valence-electron chi connectivity index (χ4n) is 2.37. The Hall–Kier alpha value is -0.0800. The van der Waals surface area contributed by atoms with E-state index in [9.17, 15) is 0 Å². The first-order chi connectivity index (χ1) is 6.88. The highest BCUT2D eigenvalue weighted by atomic mass is 16.5. The molecule has 2 atom stereocenters. The number of rotatable bonds is 6. The van der Waals surface area contributed by atoms with Gasteiger partial charge in [-0.05, 0) is 45.1 Å². The number of hydrogen-bond donors (Lipinski definition) is 1. The van der Waals surface area contributed by atoms with Crippen LogP contribution in [0.5, 0.6) is 0 Å². The lowest BCUT2D eigenvalue weighted by Crippen LogP contribution is -2.29. The Morgan fingerprint density at radius 1 is 1.36 bits per heavy atom. The van der Waals surface area contributed by atoms with Crippen LogP contribution in [0.2, 0.25) is 0 Å². The van der Waals surface area contributed by atoms with Crippen LogP contribution in [0.25, 0.3) is 0 Å². The third-order valence-electron chi connectivity index (χ3n) is 3.60. The Bertz CT molecular complexity index is 162. The van der Waals surface area contributed by atoms with Crippen LogP contribution in [0, 0.1) is 5.92 Å². The number of nitrogens with one attached hydrogen (secondary N) is 1. The molecule has 14 heavy (non-hydrogen) atoms. The van der Waals surface area contributed by atoms with Crippen LogP contribution in [0.3, 0.4) is 0 Å².